The van der Waals surface area contributed by atoms with Gasteiger partial charge in [-0.15, -0.1) is 0 Å². The molecule has 2 aromatic carbocycles. The van der Waals surface area contributed by atoms with Crippen LogP contribution in [0.2, 0.25) is 0 Å². The van der Waals surface area contributed by atoms with Gasteiger partial charge >= 0.3 is 0 Å². The van der Waals surface area contributed by atoms with Gasteiger partial charge in [-0.2, -0.15) is 0 Å². The van der Waals surface area contributed by atoms with Crippen molar-refractivity contribution in [3.8, 4) is 22.6 Å². The Morgan fingerprint density at radius 3 is 2.22 bits per heavy atom. The lowest BCUT2D eigenvalue weighted by Crippen LogP contribution is -1.92. The number of fused-ring (bicyclic) bond motifs is 1. The van der Waals surface area contributed by atoms with Gasteiger partial charge in [0.15, 0.2) is 11.5 Å². The molecule has 2 nitrogen and oxygen atoms in total. The topological polar surface area (TPSA) is 18.5 Å². The van der Waals surface area contributed by atoms with E-state index in [2.05, 4.69) is 0 Å². The molecule has 2 aromatic rings. The van der Waals surface area contributed by atoms with Crippen molar-refractivity contribution in [3.05, 3.63) is 48.0 Å². The van der Waals surface area contributed by atoms with E-state index in [-0.39, 0.29) is 12.4 Å². The Hall–Kier alpha value is -2.10. The summed E-state index contributed by atoms with van der Waals surface area (Å²) in [7, 11) is 0. The molecular formula is C14H10F2O2. The Kier molecular flexibility index (Phi) is 2.63. The Labute approximate surface area is 103 Å². The van der Waals surface area contributed by atoms with Crippen molar-refractivity contribution in [1.29, 1.82) is 0 Å². The first kappa shape index (κ1) is 11.0. The number of ether oxygens (including phenoxy) is 2. The van der Waals surface area contributed by atoms with Gasteiger partial charge in [-0.05, 0) is 23.3 Å². The van der Waals surface area contributed by atoms with Gasteiger partial charge in [-0.3, -0.25) is 0 Å². The van der Waals surface area contributed by atoms with E-state index in [1.54, 1.807) is 12.1 Å². The summed E-state index contributed by atoms with van der Waals surface area (Å²) in [6.45, 7) is 0.225. The van der Waals surface area contributed by atoms with E-state index in [4.69, 9.17) is 9.47 Å². The van der Waals surface area contributed by atoms with Gasteiger partial charge in [0.1, 0.15) is 0 Å². The summed E-state index contributed by atoms with van der Waals surface area (Å²) >= 11 is 0. The summed E-state index contributed by atoms with van der Waals surface area (Å²) in [6, 6.07) is 11.8. The van der Waals surface area contributed by atoms with Crippen LogP contribution in [0.25, 0.3) is 11.1 Å². The van der Waals surface area contributed by atoms with E-state index in [1.807, 2.05) is 18.2 Å². The maximum atomic E-state index is 12.4. The highest BCUT2D eigenvalue weighted by Gasteiger charge is 2.14. The monoisotopic (exact) mass is 248 g/mol. The summed E-state index contributed by atoms with van der Waals surface area (Å²) in [5.74, 6) is 1.40. The highest BCUT2D eigenvalue weighted by Crippen LogP contribution is 2.36. The molecule has 0 N–H and O–H groups in total. The fourth-order valence-corrected chi connectivity index (χ4v) is 1.90. The lowest BCUT2D eigenvalue weighted by atomic mass is 10.0. The van der Waals surface area contributed by atoms with Crippen LogP contribution < -0.4 is 9.47 Å². The summed E-state index contributed by atoms with van der Waals surface area (Å²) in [5, 5.41) is 0. The van der Waals surface area contributed by atoms with Crippen LogP contribution in [0, 0.1) is 0 Å². The maximum Gasteiger partial charge on any atom is 0.263 e. The molecule has 0 radical (unpaired) electrons. The third-order valence-electron chi connectivity index (χ3n) is 2.87. The molecule has 92 valence electrons. The third kappa shape index (κ3) is 1.90. The molecule has 4 heteroatoms. The van der Waals surface area contributed by atoms with Crippen LogP contribution in [-0.4, -0.2) is 6.79 Å². The van der Waals surface area contributed by atoms with Gasteiger partial charge in [-0.25, -0.2) is 8.78 Å². The summed E-state index contributed by atoms with van der Waals surface area (Å²) < 4.78 is 35.4. The Balaban J connectivity index is 1.95. The van der Waals surface area contributed by atoms with Crippen LogP contribution in [0.3, 0.4) is 0 Å². The van der Waals surface area contributed by atoms with Crippen molar-refractivity contribution in [3.63, 3.8) is 0 Å². The minimum Gasteiger partial charge on any atom is -0.454 e. The van der Waals surface area contributed by atoms with Gasteiger partial charge in [0.2, 0.25) is 6.79 Å². The number of benzene rings is 2. The van der Waals surface area contributed by atoms with Crippen LogP contribution in [0.1, 0.15) is 12.0 Å². The first-order valence-electron chi connectivity index (χ1n) is 5.52. The molecule has 1 aliphatic heterocycles. The molecular weight excluding hydrogens is 238 g/mol. The quantitative estimate of drug-likeness (QED) is 0.799. The highest BCUT2D eigenvalue weighted by atomic mass is 19.3. The Morgan fingerprint density at radius 2 is 1.50 bits per heavy atom. The predicted molar refractivity (Wildman–Crippen MR) is 63.0 cm³/mol. The molecule has 0 aliphatic carbocycles. The second-order valence-corrected chi connectivity index (χ2v) is 3.99. The van der Waals surface area contributed by atoms with Crippen LogP contribution >= 0.6 is 0 Å². The van der Waals surface area contributed by atoms with Crippen molar-refractivity contribution in [2.24, 2.45) is 0 Å². The fourth-order valence-electron chi connectivity index (χ4n) is 1.90. The number of halogens is 2. The first-order valence-corrected chi connectivity index (χ1v) is 5.52. The van der Waals surface area contributed by atoms with E-state index >= 15 is 0 Å². The number of rotatable bonds is 2. The molecule has 0 amide bonds. The lowest BCUT2D eigenvalue weighted by molar-refractivity contribution is 0.151. The SMILES string of the molecule is FC(F)c1ccc(-c2ccc3c(c2)OCO3)cc1. The van der Waals surface area contributed by atoms with E-state index in [0.717, 1.165) is 11.1 Å². The van der Waals surface area contributed by atoms with Gasteiger partial charge in [0.05, 0.1) is 0 Å². The maximum absolute atomic E-state index is 12.4. The zero-order valence-electron chi connectivity index (χ0n) is 9.40. The van der Waals surface area contributed by atoms with Crippen molar-refractivity contribution < 1.29 is 18.3 Å². The van der Waals surface area contributed by atoms with Crippen molar-refractivity contribution >= 4 is 0 Å². The Morgan fingerprint density at radius 1 is 0.833 bits per heavy atom. The fraction of sp³-hybridized carbons (Fsp3) is 0.143. The summed E-state index contributed by atoms with van der Waals surface area (Å²) in [4.78, 5) is 0. The molecule has 0 fully saturated rings. The minimum absolute atomic E-state index is 0.0273. The van der Waals surface area contributed by atoms with E-state index in [1.165, 1.54) is 12.1 Å². The predicted octanol–water partition coefficient (Wildman–Crippen LogP) is 4.02. The number of hydrogen-bond donors (Lipinski definition) is 0. The minimum atomic E-state index is -2.43. The molecule has 0 saturated carbocycles. The van der Waals surface area contributed by atoms with Crippen molar-refractivity contribution in [1.82, 2.24) is 0 Å². The molecule has 0 saturated heterocycles. The normalized spacial score (nSPS) is 13.1. The molecule has 3 rings (SSSR count). The van der Waals surface area contributed by atoms with Crippen molar-refractivity contribution in [2.45, 2.75) is 6.43 Å². The summed E-state index contributed by atoms with van der Waals surface area (Å²) in [5.41, 5.74) is 1.82. The molecule has 0 aromatic heterocycles. The van der Waals surface area contributed by atoms with Crippen LogP contribution in [0.5, 0.6) is 11.5 Å². The molecule has 0 atom stereocenters. The molecule has 0 bridgehead atoms. The molecule has 0 spiro atoms. The number of alkyl halides is 2. The number of hydrogen-bond acceptors (Lipinski definition) is 2. The van der Waals surface area contributed by atoms with Crippen LogP contribution in [-0.2, 0) is 0 Å². The largest absolute Gasteiger partial charge is 0.454 e. The zero-order valence-corrected chi connectivity index (χ0v) is 9.40. The Bertz CT molecular complexity index is 565. The van der Waals surface area contributed by atoms with Gasteiger partial charge in [0, 0.05) is 5.56 Å². The smallest absolute Gasteiger partial charge is 0.263 e. The van der Waals surface area contributed by atoms with Gasteiger partial charge in [-0.1, -0.05) is 30.3 Å². The van der Waals surface area contributed by atoms with E-state index < -0.39 is 6.43 Å². The van der Waals surface area contributed by atoms with Gasteiger partial charge < -0.3 is 9.47 Å². The summed E-state index contributed by atoms with van der Waals surface area (Å²) in [6.07, 6.45) is -2.43. The second kappa shape index (κ2) is 4.29. The van der Waals surface area contributed by atoms with Gasteiger partial charge in [0.25, 0.3) is 6.43 Å². The third-order valence-corrected chi connectivity index (χ3v) is 2.87. The molecule has 1 aliphatic rings. The molecule has 0 unspecified atom stereocenters. The highest BCUT2D eigenvalue weighted by molar-refractivity contribution is 5.67. The average molecular weight is 248 g/mol. The zero-order chi connectivity index (χ0) is 12.5. The van der Waals surface area contributed by atoms with Crippen molar-refractivity contribution in [2.75, 3.05) is 6.79 Å². The van der Waals surface area contributed by atoms with Crippen LogP contribution in [0.15, 0.2) is 42.5 Å². The van der Waals surface area contributed by atoms with E-state index in [0.29, 0.717) is 11.5 Å². The van der Waals surface area contributed by atoms with E-state index in [9.17, 15) is 8.78 Å². The standard InChI is InChI=1S/C14H10F2O2/c15-14(16)10-3-1-9(2-4-10)11-5-6-12-13(7-11)18-8-17-12/h1-7,14H,8H2. The molecule has 1 heterocycles. The first-order chi connectivity index (χ1) is 8.74. The molecule has 18 heavy (non-hydrogen) atoms. The average Bonchev–Trinajstić information content (AvgIpc) is 2.86. The second-order valence-electron chi connectivity index (χ2n) is 3.99. The van der Waals surface area contributed by atoms with Crippen LogP contribution in [0.4, 0.5) is 8.78 Å². The lowest BCUT2D eigenvalue weighted by Gasteiger charge is -2.05.